The number of nitrogens with zero attached hydrogens (tertiary/aromatic N) is 3. The molecule has 1 saturated heterocycles. The zero-order chi connectivity index (χ0) is 24.0. The molecule has 0 bridgehead atoms. The lowest BCUT2D eigenvalue weighted by Gasteiger charge is -2.29. The number of non-ortho nitro benzene ring substituents is 1. The molecule has 0 saturated carbocycles. The summed E-state index contributed by atoms with van der Waals surface area (Å²) in [7, 11) is 1.62. The fraction of sp³-hybridized carbons (Fsp3) is 0.480. The van der Waals surface area contributed by atoms with Gasteiger partial charge in [-0.3, -0.25) is 19.8 Å². The van der Waals surface area contributed by atoms with Gasteiger partial charge in [0.1, 0.15) is 5.82 Å². The van der Waals surface area contributed by atoms with Gasteiger partial charge in [-0.2, -0.15) is 0 Å². The summed E-state index contributed by atoms with van der Waals surface area (Å²) in [5, 5.41) is 10.9. The maximum Gasteiger partial charge on any atom is 0.269 e. The molecule has 3 rings (SSSR count). The normalized spacial score (nSPS) is 18.6. The van der Waals surface area contributed by atoms with E-state index in [1.54, 1.807) is 31.4 Å². The monoisotopic (exact) mass is 457 g/mol. The topological polar surface area (TPSA) is 75.9 Å². The first-order valence-electron chi connectivity index (χ1n) is 11.3. The maximum atomic E-state index is 14.0. The van der Waals surface area contributed by atoms with E-state index in [1.807, 2.05) is 24.8 Å². The molecule has 1 heterocycles. The van der Waals surface area contributed by atoms with Crippen LogP contribution in [0.2, 0.25) is 0 Å². The van der Waals surface area contributed by atoms with Crippen LogP contribution >= 0.6 is 0 Å². The minimum atomic E-state index is -0.407. The lowest BCUT2D eigenvalue weighted by atomic mass is 9.88. The Bertz CT molecular complexity index is 951. The minimum Gasteiger partial charge on any atom is -0.383 e. The Morgan fingerprint density at radius 3 is 2.58 bits per heavy atom. The van der Waals surface area contributed by atoms with Crippen LogP contribution in [0.5, 0.6) is 0 Å². The van der Waals surface area contributed by atoms with Gasteiger partial charge >= 0.3 is 0 Å². The van der Waals surface area contributed by atoms with E-state index in [4.69, 9.17) is 4.74 Å². The van der Waals surface area contributed by atoms with E-state index >= 15 is 0 Å². The number of halogens is 1. The molecule has 178 valence electrons. The summed E-state index contributed by atoms with van der Waals surface area (Å²) in [5.74, 6) is -0.103. The summed E-state index contributed by atoms with van der Waals surface area (Å²) < 4.78 is 19.2. The Labute approximate surface area is 194 Å². The third-order valence-electron chi connectivity index (χ3n) is 6.17. The minimum absolute atomic E-state index is 0.0664. The first-order chi connectivity index (χ1) is 15.8. The highest BCUT2D eigenvalue weighted by Crippen LogP contribution is 2.35. The van der Waals surface area contributed by atoms with Gasteiger partial charge in [0.05, 0.1) is 11.5 Å². The number of ether oxygens (including phenoxy) is 1. The van der Waals surface area contributed by atoms with Gasteiger partial charge in [-0.25, -0.2) is 4.39 Å². The van der Waals surface area contributed by atoms with Crippen LogP contribution < -0.4 is 0 Å². The van der Waals surface area contributed by atoms with Gasteiger partial charge < -0.3 is 9.64 Å². The summed E-state index contributed by atoms with van der Waals surface area (Å²) >= 11 is 0. The summed E-state index contributed by atoms with van der Waals surface area (Å²) in [4.78, 5) is 27.5. The van der Waals surface area contributed by atoms with Crippen molar-refractivity contribution in [2.75, 3.05) is 39.9 Å². The molecule has 1 fully saturated rings. The zero-order valence-electron chi connectivity index (χ0n) is 19.4. The van der Waals surface area contributed by atoms with Gasteiger partial charge in [0.15, 0.2) is 0 Å². The van der Waals surface area contributed by atoms with Gasteiger partial charge in [-0.1, -0.05) is 38.1 Å². The predicted octanol–water partition coefficient (Wildman–Crippen LogP) is 4.08. The SMILES string of the molecule is COCCN(C[C@H]1CN(Cc2ccc([N+](=O)[O-])cc2)C[C@H]1c1cccc(F)c1)C(=O)C(C)C. The third kappa shape index (κ3) is 6.58. The van der Waals surface area contributed by atoms with Gasteiger partial charge in [-0.15, -0.1) is 0 Å². The first kappa shape index (κ1) is 24.8. The Balaban J connectivity index is 1.80. The van der Waals surface area contributed by atoms with Crippen LogP contribution in [0.1, 0.15) is 30.9 Å². The molecule has 2 aromatic rings. The number of hydrogen-bond donors (Lipinski definition) is 0. The molecule has 1 aliphatic heterocycles. The number of hydrogen-bond acceptors (Lipinski definition) is 5. The molecular weight excluding hydrogens is 425 g/mol. The standard InChI is InChI=1S/C25H32FN3O4/c1-18(2)25(30)28(11-12-33-3)16-21-15-27(14-19-7-9-23(10-8-19)29(31)32)17-24(21)20-5-4-6-22(26)13-20/h4-10,13,18,21,24H,11-12,14-17H2,1-3H3/t21-,24+/m1/s1. The highest BCUT2D eigenvalue weighted by atomic mass is 19.1. The van der Waals surface area contributed by atoms with Crippen LogP contribution in [0.25, 0.3) is 0 Å². The third-order valence-corrected chi connectivity index (χ3v) is 6.17. The largest absolute Gasteiger partial charge is 0.383 e. The second-order valence-electron chi connectivity index (χ2n) is 8.97. The smallest absolute Gasteiger partial charge is 0.269 e. The van der Waals surface area contributed by atoms with E-state index in [0.717, 1.165) is 24.2 Å². The molecule has 8 heteroatoms. The van der Waals surface area contributed by atoms with Crippen LogP contribution in [-0.2, 0) is 16.1 Å². The van der Waals surface area contributed by atoms with Crippen LogP contribution in [0.15, 0.2) is 48.5 Å². The number of nitro benzene ring substituents is 1. The number of likely N-dealkylation sites (tertiary alicyclic amines) is 1. The summed E-state index contributed by atoms with van der Waals surface area (Å²) in [6, 6.07) is 13.3. The van der Waals surface area contributed by atoms with Crippen molar-refractivity contribution in [3.63, 3.8) is 0 Å². The molecule has 0 radical (unpaired) electrons. The van der Waals surface area contributed by atoms with Crippen LogP contribution in [0, 0.1) is 27.8 Å². The Hall–Kier alpha value is -2.84. The molecule has 33 heavy (non-hydrogen) atoms. The number of benzene rings is 2. The molecule has 0 aromatic heterocycles. The average Bonchev–Trinajstić information content (AvgIpc) is 3.18. The number of carbonyl (C=O) groups is 1. The Morgan fingerprint density at radius 1 is 1.24 bits per heavy atom. The van der Waals surface area contributed by atoms with E-state index in [9.17, 15) is 19.3 Å². The molecule has 1 amide bonds. The second-order valence-corrected chi connectivity index (χ2v) is 8.97. The van der Waals surface area contributed by atoms with Crippen LogP contribution in [0.4, 0.5) is 10.1 Å². The zero-order valence-corrected chi connectivity index (χ0v) is 19.4. The van der Waals surface area contributed by atoms with E-state index < -0.39 is 4.92 Å². The van der Waals surface area contributed by atoms with Crippen molar-refractivity contribution >= 4 is 11.6 Å². The van der Waals surface area contributed by atoms with E-state index in [0.29, 0.717) is 26.2 Å². The Morgan fingerprint density at radius 2 is 1.97 bits per heavy atom. The first-order valence-corrected chi connectivity index (χ1v) is 11.3. The van der Waals surface area contributed by atoms with E-state index in [-0.39, 0.29) is 35.2 Å². The van der Waals surface area contributed by atoms with Gasteiger partial charge in [0.25, 0.3) is 5.69 Å². The summed E-state index contributed by atoms with van der Waals surface area (Å²) in [6.45, 7) is 7.43. The average molecular weight is 458 g/mol. The summed E-state index contributed by atoms with van der Waals surface area (Å²) in [5.41, 5.74) is 1.97. The molecule has 0 unspecified atom stereocenters. The number of carbonyl (C=O) groups excluding carboxylic acids is 1. The maximum absolute atomic E-state index is 14.0. The van der Waals surface area contributed by atoms with Gasteiger partial charge in [-0.05, 0) is 29.2 Å². The quantitative estimate of drug-likeness (QED) is 0.397. The number of nitro groups is 1. The molecule has 2 atom stereocenters. The van der Waals surface area contributed by atoms with Crippen molar-refractivity contribution in [3.8, 4) is 0 Å². The van der Waals surface area contributed by atoms with Gasteiger partial charge in [0, 0.05) is 63.8 Å². The van der Waals surface area contributed by atoms with Crippen LogP contribution in [-0.4, -0.2) is 60.5 Å². The second kappa shape index (κ2) is 11.3. The van der Waals surface area contributed by atoms with Crippen LogP contribution in [0.3, 0.4) is 0 Å². The highest BCUT2D eigenvalue weighted by molar-refractivity contribution is 5.78. The number of amides is 1. The van der Waals surface area contributed by atoms with Gasteiger partial charge in [0.2, 0.25) is 5.91 Å². The molecule has 1 aliphatic rings. The molecule has 2 aromatic carbocycles. The predicted molar refractivity (Wildman–Crippen MR) is 124 cm³/mol. The van der Waals surface area contributed by atoms with Crippen molar-refractivity contribution in [2.45, 2.75) is 26.3 Å². The van der Waals surface area contributed by atoms with E-state index in [1.165, 1.54) is 18.2 Å². The summed E-state index contributed by atoms with van der Waals surface area (Å²) in [6.07, 6.45) is 0. The molecular formula is C25H32FN3O4. The van der Waals surface area contributed by atoms with E-state index in [2.05, 4.69) is 4.90 Å². The van der Waals surface area contributed by atoms with Crippen molar-refractivity contribution in [1.82, 2.24) is 9.80 Å². The highest BCUT2D eigenvalue weighted by Gasteiger charge is 2.36. The van der Waals surface area contributed by atoms with Crippen molar-refractivity contribution < 1.29 is 18.8 Å². The molecule has 0 N–H and O–H groups in total. The molecule has 0 spiro atoms. The fourth-order valence-electron chi connectivity index (χ4n) is 4.51. The molecule has 7 nitrogen and oxygen atoms in total. The van der Waals surface area contributed by atoms with Crippen molar-refractivity contribution in [3.05, 3.63) is 75.6 Å². The van der Waals surface area contributed by atoms with Crippen molar-refractivity contribution in [1.29, 1.82) is 0 Å². The Kier molecular flexibility index (Phi) is 8.52. The molecule has 0 aliphatic carbocycles. The lowest BCUT2D eigenvalue weighted by Crippen LogP contribution is -2.41. The number of methoxy groups -OCH3 is 1. The lowest BCUT2D eigenvalue weighted by molar-refractivity contribution is -0.384. The van der Waals surface area contributed by atoms with Crippen molar-refractivity contribution in [2.24, 2.45) is 11.8 Å². The fourth-order valence-corrected chi connectivity index (χ4v) is 4.51. The number of rotatable bonds is 10.